The molecule has 0 aliphatic carbocycles. The third kappa shape index (κ3) is 14.5. The predicted molar refractivity (Wildman–Crippen MR) is 84.8 cm³/mol. The van der Waals surface area contributed by atoms with Crippen molar-refractivity contribution in [3.8, 4) is 0 Å². The van der Waals surface area contributed by atoms with E-state index in [9.17, 15) is 0 Å². The van der Waals surface area contributed by atoms with Gasteiger partial charge in [-0.1, -0.05) is 80.1 Å². The first-order valence-electron chi connectivity index (χ1n) is 7.41. The van der Waals surface area contributed by atoms with Crippen LogP contribution in [0.25, 0.3) is 0 Å². The van der Waals surface area contributed by atoms with Crippen LogP contribution in [0.2, 0.25) is 0 Å². The maximum atomic E-state index is 7.23. The molecule has 0 saturated carbocycles. The SMILES string of the molecule is CCCCCCCCC(C)(C)C(C)(C)C.OP(O)O. The molecule has 0 saturated heterocycles. The van der Waals surface area contributed by atoms with Crippen LogP contribution in [0.15, 0.2) is 0 Å². The van der Waals surface area contributed by atoms with Crippen molar-refractivity contribution in [1.82, 2.24) is 0 Å². The zero-order valence-electron chi connectivity index (χ0n) is 13.7. The van der Waals surface area contributed by atoms with Crippen molar-refractivity contribution in [2.75, 3.05) is 0 Å². The second-order valence-corrected chi connectivity index (χ2v) is 7.46. The Morgan fingerprint density at radius 2 is 1.11 bits per heavy atom. The highest BCUT2D eigenvalue weighted by molar-refractivity contribution is 7.38. The van der Waals surface area contributed by atoms with E-state index < -0.39 is 8.60 Å². The lowest BCUT2D eigenvalue weighted by Gasteiger charge is -2.39. The summed E-state index contributed by atoms with van der Waals surface area (Å²) in [5.74, 6) is 0. The van der Waals surface area contributed by atoms with Crippen molar-refractivity contribution < 1.29 is 14.7 Å². The fourth-order valence-electron chi connectivity index (χ4n) is 1.72. The molecule has 0 aliphatic rings. The van der Waals surface area contributed by atoms with E-state index >= 15 is 0 Å². The van der Waals surface area contributed by atoms with Crippen LogP contribution in [0.4, 0.5) is 0 Å². The molecule has 0 heterocycles. The van der Waals surface area contributed by atoms with E-state index in [4.69, 9.17) is 14.7 Å². The Balaban J connectivity index is 0. The van der Waals surface area contributed by atoms with Crippen LogP contribution >= 0.6 is 8.60 Å². The molecule has 4 heteroatoms. The summed E-state index contributed by atoms with van der Waals surface area (Å²) < 4.78 is 0. The zero-order chi connectivity index (χ0) is 15.5. The molecule has 0 spiro atoms. The monoisotopic (exact) mass is 294 g/mol. The molecular weight excluding hydrogens is 259 g/mol. The Kier molecular flexibility index (Phi) is 12.5. The number of rotatable bonds is 7. The van der Waals surface area contributed by atoms with E-state index in [1.54, 1.807) is 0 Å². The lowest BCUT2D eigenvalue weighted by atomic mass is 9.67. The minimum absolute atomic E-state index is 0.441. The third-order valence-electron chi connectivity index (χ3n) is 4.19. The minimum atomic E-state index is -2.62. The van der Waals surface area contributed by atoms with Gasteiger partial charge in [-0.05, 0) is 17.3 Å². The Morgan fingerprint density at radius 3 is 1.47 bits per heavy atom. The van der Waals surface area contributed by atoms with Crippen LogP contribution in [-0.4, -0.2) is 14.7 Å². The quantitative estimate of drug-likeness (QED) is 0.457. The molecule has 19 heavy (non-hydrogen) atoms. The predicted octanol–water partition coefficient (Wildman–Crippen LogP) is 5.00. The summed E-state index contributed by atoms with van der Waals surface area (Å²) in [6.07, 6.45) is 9.87. The molecule has 0 aromatic rings. The van der Waals surface area contributed by atoms with Gasteiger partial charge in [0.1, 0.15) is 0 Å². The standard InChI is InChI=1S/C15H32.H3O3P/c1-7-8-9-10-11-12-13-15(5,6)14(2,3)4;1-4(2)3/h7-13H2,1-6H3;1-3H. The zero-order valence-corrected chi connectivity index (χ0v) is 14.6. The van der Waals surface area contributed by atoms with Crippen molar-refractivity contribution in [2.45, 2.75) is 86.5 Å². The summed E-state index contributed by atoms with van der Waals surface area (Å²) in [5.41, 5.74) is 0.925. The summed E-state index contributed by atoms with van der Waals surface area (Å²) >= 11 is 0. The Labute approximate surface area is 121 Å². The first kappa shape index (κ1) is 21.6. The molecule has 0 amide bonds. The van der Waals surface area contributed by atoms with E-state index in [2.05, 4.69) is 41.5 Å². The van der Waals surface area contributed by atoms with Gasteiger partial charge < -0.3 is 14.7 Å². The average molecular weight is 294 g/mol. The number of hydrogen-bond donors (Lipinski definition) is 3. The van der Waals surface area contributed by atoms with Crippen LogP contribution in [0.5, 0.6) is 0 Å². The largest absolute Gasteiger partial charge is 0.328 e. The Bertz CT molecular complexity index is 195. The molecule has 0 radical (unpaired) electrons. The summed E-state index contributed by atoms with van der Waals surface area (Å²) in [7, 11) is -2.62. The molecule has 0 bridgehead atoms. The minimum Gasteiger partial charge on any atom is -0.328 e. The second kappa shape index (κ2) is 11.0. The Hall–Kier alpha value is 0.310. The first-order valence-corrected chi connectivity index (χ1v) is 8.61. The van der Waals surface area contributed by atoms with Gasteiger partial charge in [-0.25, -0.2) is 0 Å². The fourth-order valence-corrected chi connectivity index (χ4v) is 1.72. The molecule has 118 valence electrons. The summed E-state index contributed by atoms with van der Waals surface area (Å²) in [5, 5.41) is 0. The van der Waals surface area contributed by atoms with Crippen molar-refractivity contribution in [1.29, 1.82) is 0 Å². The highest BCUT2D eigenvalue weighted by Crippen LogP contribution is 2.41. The van der Waals surface area contributed by atoms with Gasteiger partial charge in [-0.3, -0.25) is 0 Å². The van der Waals surface area contributed by atoms with Gasteiger partial charge in [-0.2, -0.15) is 0 Å². The number of hydrogen-bond acceptors (Lipinski definition) is 3. The smallest absolute Gasteiger partial charge is 0.324 e. The van der Waals surface area contributed by atoms with Crippen molar-refractivity contribution in [2.24, 2.45) is 10.8 Å². The van der Waals surface area contributed by atoms with Gasteiger partial charge in [0, 0.05) is 0 Å². The highest BCUT2D eigenvalue weighted by Gasteiger charge is 2.31. The van der Waals surface area contributed by atoms with Crippen LogP contribution in [0, 0.1) is 10.8 Å². The Morgan fingerprint density at radius 1 is 0.737 bits per heavy atom. The average Bonchev–Trinajstić information content (AvgIpc) is 2.20. The summed E-state index contributed by atoms with van der Waals surface area (Å²) in [4.78, 5) is 21.7. The summed E-state index contributed by atoms with van der Waals surface area (Å²) in [6.45, 7) is 14.2. The molecule has 0 rings (SSSR count). The van der Waals surface area contributed by atoms with Crippen LogP contribution in [-0.2, 0) is 0 Å². The second-order valence-electron chi connectivity index (χ2n) is 6.92. The topological polar surface area (TPSA) is 60.7 Å². The van der Waals surface area contributed by atoms with Gasteiger partial charge in [0.15, 0.2) is 0 Å². The van der Waals surface area contributed by atoms with Crippen molar-refractivity contribution >= 4 is 8.60 Å². The first-order chi connectivity index (χ1) is 8.54. The molecule has 3 N–H and O–H groups in total. The van der Waals surface area contributed by atoms with E-state index in [0.29, 0.717) is 10.8 Å². The van der Waals surface area contributed by atoms with Gasteiger partial charge in [0.05, 0.1) is 0 Å². The van der Waals surface area contributed by atoms with Crippen molar-refractivity contribution in [3.05, 3.63) is 0 Å². The lowest BCUT2D eigenvalue weighted by molar-refractivity contribution is 0.115. The maximum Gasteiger partial charge on any atom is 0.324 e. The molecule has 0 aromatic carbocycles. The molecule has 3 nitrogen and oxygen atoms in total. The molecule has 0 fully saturated rings. The highest BCUT2D eigenvalue weighted by atomic mass is 31.2. The molecule has 0 aromatic heterocycles. The molecule has 0 aliphatic heterocycles. The molecular formula is C15H35O3P. The number of unbranched alkanes of at least 4 members (excludes halogenated alkanes) is 5. The van der Waals surface area contributed by atoms with Crippen LogP contribution in [0.1, 0.15) is 86.5 Å². The van der Waals surface area contributed by atoms with E-state index in [0.717, 1.165) is 0 Å². The lowest BCUT2D eigenvalue weighted by Crippen LogP contribution is -2.29. The fraction of sp³-hybridized carbons (Fsp3) is 1.00. The maximum absolute atomic E-state index is 7.23. The van der Waals surface area contributed by atoms with Crippen LogP contribution < -0.4 is 0 Å². The normalized spacial score (nSPS) is 12.3. The third-order valence-corrected chi connectivity index (χ3v) is 4.19. The van der Waals surface area contributed by atoms with E-state index in [1.165, 1.54) is 44.9 Å². The van der Waals surface area contributed by atoms with E-state index in [1.807, 2.05) is 0 Å². The van der Waals surface area contributed by atoms with Crippen molar-refractivity contribution in [3.63, 3.8) is 0 Å². The molecule has 0 unspecified atom stereocenters. The van der Waals surface area contributed by atoms with Gasteiger partial charge >= 0.3 is 8.60 Å². The molecule has 0 atom stereocenters. The van der Waals surface area contributed by atoms with Gasteiger partial charge in [0.2, 0.25) is 0 Å². The van der Waals surface area contributed by atoms with Crippen LogP contribution in [0.3, 0.4) is 0 Å². The van der Waals surface area contributed by atoms with E-state index in [-0.39, 0.29) is 0 Å². The van der Waals surface area contributed by atoms with Gasteiger partial charge in [-0.15, -0.1) is 0 Å². The van der Waals surface area contributed by atoms with Gasteiger partial charge in [0.25, 0.3) is 0 Å². The summed E-state index contributed by atoms with van der Waals surface area (Å²) in [6, 6.07) is 0.